The van der Waals surface area contributed by atoms with Crippen LogP contribution >= 0.6 is 0 Å². The smallest absolute Gasteiger partial charge is 0.214 e. The van der Waals surface area contributed by atoms with E-state index in [1.807, 2.05) is 13.8 Å². The number of hydrogen-bond acceptors (Lipinski definition) is 3. The van der Waals surface area contributed by atoms with Crippen LogP contribution in [0.2, 0.25) is 0 Å². The number of nitrogens with zero attached hydrogens (tertiary/aromatic N) is 1. The summed E-state index contributed by atoms with van der Waals surface area (Å²) in [6, 6.07) is 0.170. The zero-order valence-corrected chi connectivity index (χ0v) is 9.26. The van der Waals surface area contributed by atoms with Gasteiger partial charge in [-0.15, -0.1) is 0 Å². The van der Waals surface area contributed by atoms with E-state index in [0.717, 1.165) is 13.1 Å². The third kappa shape index (κ3) is 2.65. The molecule has 0 aromatic rings. The molecule has 0 aliphatic carbocycles. The molecule has 78 valence electrons. The van der Waals surface area contributed by atoms with Crippen LogP contribution in [-0.4, -0.2) is 44.7 Å². The summed E-state index contributed by atoms with van der Waals surface area (Å²) in [5.74, 6) is 0.445. The second-order valence-corrected chi connectivity index (χ2v) is 6.07. The number of hydrogen-bond donors (Lipinski definition) is 1. The fourth-order valence-electron chi connectivity index (χ4n) is 1.30. The molecule has 1 aliphatic heterocycles. The molecule has 0 bridgehead atoms. The Morgan fingerprint density at radius 2 is 2.00 bits per heavy atom. The minimum atomic E-state index is -3.03. The van der Waals surface area contributed by atoms with Gasteiger partial charge in [-0.2, -0.15) is 4.31 Å². The highest BCUT2D eigenvalue weighted by atomic mass is 32.2. The number of sulfonamides is 1. The average Bonchev–Trinajstić information content (AvgIpc) is 1.79. The third-order valence-corrected chi connectivity index (χ3v) is 4.52. The van der Waals surface area contributed by atoms with E-state index in [9.17, 15) is 8.42 Å². The van der Waals surface area contributed by atoms with Crippen molar-refractivity contribution in [1.29, 1.82) is 0 Å². The van der Waals surface area contributed by atoms with Crippen molar-refractivity contribution < 1.29 is 8.42 Å². The topological polar surface area (TPSA) is 49.4 Å². The molecule has 0 aromatic heterocycles. The number of rotatable bonds is 4. The van der Waals surface area contributed by atoms with Crippen LogP contribution in [0.15, 0.2) is 0 Å². The fourth-order valence-corrected chi connectivity index (χ4v) is 2.98. The molecule has 1 fully saturated rings. The normalized spacial score (nSPS) is 19.5. The zero-order valence-electron chi connectivity index (χ0n) is 8.45. The predicted octanol–water partition coefficient (Wildman–Crippen LogP) is -0.124. The summed E-state index contributed by atoms with van der Waals surface area (Å²) >= 11 is 0. The molecule has 0 saturated carbocycles. The Kier molecular flexibility index (Phi) is 3.32. The minimum absolute atomic E-state index is 0.170. The Morgan fingerprint density at radius 3 is 2.31 bits per heavy atom. The van der Waals surface area contributed by atoms with Crippen molar-refractivity contribution in [2.45, 2.75) is 19.9 Å². The first-order chi connectivity index (χ1) is 5.93. The van der Waals surface area contributed by atoms with E-state index in [0.29, 0.717) is 0 Å². The molecule has 0 unspecified atom stereocenters. The van der Waals surface area contributed by atoms with Gasteiger partial charge in [0.1, 0.15) is 0 Å². The molecule has 0 aromatic carbocycles. The Hall–Kier alpha value is -0.130. The molecule has 1 heterocycles. The van der Waals surface area contributed by atoms with Crippen molar-refractivity contribution in [2.75, 3.05) is 25.9 Å². The fraction of sp³-hybridized carbons (Fsp3) is 1.00. The van der Waals surface area contributed by atoms with Crippen molar-refractivity contribution in [3.05, 3.63) is 0 Å². The minimum Gasteiger partial charge on any atom is -0.313 e. The summed E-state index contributed by atoms with van der Waals surface area (Å²) in [4.78, 5) is 0. The van der Waals surface area contributed by atoms with Crippen molar-refractivity contribution in [3.63, 3.8) is 0 Å². The van der Waals surface area contributed by atoms with Crippen LogP contribution in [-0.2, 0) is 10.0 Å². The summed E-state index contributed by atoms with van der Waals surface area (Å²) in [5.41, 5.74) is 0. The monoisotopic (exact) mass is 206 g/mol. The molecule has 0 atom stereocenters. The van der Waals surface area contributed by atoms with Crippen LogP contribution in [0.5, 0.6) is 0 Å². The van der Waals surface area contributed by atoms with E-state index in [2.05, 4.69) is 5.32 Å². The van der Waals surface area contributed by atoms with Gasteiger partial charge in [0.15, 0.2) is 0 Å². The highest BCUT2D eigenvalue weighted by Crippen LogP contribution is 2.11. The maximum absolute atomic E-state index is 11.7. The second-order valence-electron chi connectivity index (χ2n) is 4.00. The van der Waals surface area contributed by atoms with Gasteiger partial charge in [-0.05, 0) is 5.92 Å². The van der Waals surface area contributed by atoms with Gasteiger partial charge >= 0.3 is 0 Å². The van der Waals surface area contributed by atoms with Gasteiger partial charge in [0.25, 0.3) is 0 Å². The van der Waals surface area contributed by atoms with Crippen molar-refractivity contribution in [2.24, 2.45) is 5.92 Å². The quantitative estimate of drug-likeness (QED) is 0.697. The van der Waals surface area contributed by atoms with Crippen LogP contribution in [0.4, 0.5) is 0 Å². The molecule has 5 heteroatoms. The highest BCUT2D eigenvalue weighted by Gasteiger charge is 2.30. The predicted molar refractivity (Wildman–Crippen MR) is 53.0 cm³/mol. The molecule has 1 saturated heterocycles. The lowest BCUT2D eigenvalue weighted by atomic mass is 10.2. The number of likely N-dealkylation sites (N-methyl/N-ethyl adjacent to an activating group) is 1. The number of nitrogens with one attached hydrogen (secondary N) is 1. The van der Waals surface area contributed by atoms with Crippen molar-refractivity contribution in [1.82, 2.24) is 9.62 Å². The van der Waals surface area contributed by atoms with Crippen LogP contribution in [0, 0.1) is 5.92 Å². The highest BCUT2D eigenvalue weighted by molar-refractivity contribution is 7.89. The van der Waals surface area contributed by atoms with Crippen LogP contribution in [0.25, 0.3) is 0 Å². The van der Waals surface area contributed by atoms with Gasteiger partial charge in [-0.3, -0.25) is 0 Å². The van der Waals surface area contributed by atoms with E-state index in [-0.39, 0.29) is 17.7 Å². The lowest BCUT2D eigenvalue weighted by molar-refractivity contribution is 0.273. The van der Waals surface area contributed by atoms with E-state index in [4.69, 9.17) is 0 Å². The molecule has 1 N–H and O–H groups in total. The van der Waals surface area contributed by atoms with E-state index in [1.165, 1.54) is 4.31 Å². The van der Waals surface area contributed by atoms with Crippen LogP contribution in [0.1, 0.15) is 13.8 Å². The van der Waals surface area contributed by atoms with E-state index in [1.54, 1.807) is 7.05 Å². The van der Waals surface area contributed by atoms with Crippen molar-refractivity contribution >= 4 is 10.0 Å². The first-order valence-corrected chi connectivity index (χ1v) is 6.21. The van der Waals surface area contributed by atoms with Gasteiger partial charge < -0.3 is 5.32 Å². The first kappa shape index (κ1) is 10.9. The van der Waals surface area contributed by atoms with E-state index < -0.39 is 10.0 Å². The summed E-state index contributed by atoms with van der Waals surface area (Å²) in [7, 11) is -1.36. The van der Waals surface area contributed by atoms with Gasteiger partial charge in [0, 0.05) is 26.2 Å². The second kappa shape index (κ2) is 3.94. The summed E-state index contributed by atoms with van der Waals surface area (Å²) in [6.45, 7) is 5.41. The summed E-state index contributed by atoms with van der Waals surface area (Å²) < 4.78 is 24.9. The van der Waals surface area contributed by atoms with Crippen LogP contribution in [0.3, 0.4) is 0 Å². The van der Waals surface area contributed by atoms with Crippen LogP contribution < -0.4 is 5.32 Å². The summed E-state index contributed by atoms with van der Waals surface area (Å²) in [5, 5.41) is 3.06. The summed E-state index contributed by atoms with van der Waals surface area (Å²) in [6.07, 6.45) is 0. The third-order valence-electron chi connectivity index (χ3n) is 2.26. The molecule has 0 amide bonds. The van der Waals surface area contributed by atoms with E-state index >= 15 is 0 Å². The molecule has 0 spiro atoms. The Labute approximate surface area is 80.4 Å². The molecule has 0 radical (unpaired) electrons. The molecule has 4 nitrogen and oxygen atoms in total. The molecule has 1 aliphatic rings. The maximum atomic E-state index is 11.7. The maximum Gasteiger partial charge on any atom is 0.214 e. The Balaban J connectivity index is 2.57. The molecule has 1 rings (SSSR count). The Bertz CT molecular complexity index is 257. The molecular weight excluding hydrogens is 188 g/mol. The molecular formula is C8H18N2O2S. The first-order valence-electron chi connectivity index (χ1n) is 4.60. The van der Waals surface area contributed by atoms with Gasteiger partial charge in [0.05, 0.1) is 5.75 Å². The lowest BCUT2D eigenvalue weighted by Gasteiger charge is -2.35. The Morgan fingerprint density at radius 1 is 1.46 bits per heavy atom. The molecule has 13 heavy (non-hydrogen) atoms. The zero-order chi connectivity index (χ0) is 10.1. The lowest BCUT2D eigenvalue weighted by Crippen LogP contribution is -2.57. The van der Waals surface area contributed by atoms with Gasteiger partial charge in [0.2, 0.25) is 10.0 Å². The van der Waals surface area contributed by atoms with Crippen molar-refractivity contribution in [3.8, 4) is 0 Å². The average molecular weight is 206 g/mol. The van der Waals surface area contributed by atoms with Gasteiger partial charge in [-0.25, -0.2) is 8.42 Å². The largest absolute Gasteiger partial charge is 0.313 e. The van der Waals surface area contributed by atoms with Gasteiger partial charge in [-0.1, -0.05) is 13.8 Å². The standard InChI is InChI=1S/C8H18N2O2S/c1-7(2)6-13(11,12)10(3)8-4-9-5-8/h7-9H,4-6H2,1-3H3. The SMILES string of the molecule is CC(C)CS(=O)(=O)N(C)C1CNC1.